The molecular formula is C14H22N2O3S. The van der Waals surface area contributed by atoms with Crippen LogP contribution in [0.2, 0.25) is 0 Å². The molecule has 0 amide bonds. The number of methoxy groups -OCH3 is 1. The third kappa shape index (κ3) is 2.85. The maximum absolute atomic E-state index is 11.9. The molecule has 1 fully saturated rings. The molecule has 6 heteroatoms. The van der Waals surface area contributed by atoms with Gasteiger partial charge in [-0.3, -0.25) is 0 Å². The van der Waals surface area contributed by atoms with Crippen molar-refractivity contribution in [3.63, 3.8) is 0 Å². The number of hydrogen-bond acceptors (Lipinski definition) is 6. The fraction of sp³-hybridized carbons (Fsp3) is 0.643. The lowest BCUT2D eigenvalue weighted by Crippen LogP contribution is -2.28. The van der Waals surface area contributed by atoms with E-state index in [4.69, 9.17) is 15.2 Å². The predicted molar refractivity (Wildman–Crippen MR) is 81.9 cm³/mol. The monoisotopic (exact) mass is 298 g/mol. The number of hydrogen-bond donors (Lipinski definition) is 1. The van der Waals surface area contributed by atoms with E-state index in [2.05, 4.69) is 4.90 Å². The number of nitrogens with two attached hydrogens (primary N) is 1. The molecule has 1 aliphatic rings. The molecule has 2 rings (SSSR count). The highest BCUT2D eigenvalue weighted by molar-refractivity contribution is 7.19. The highest BCUT2D eigenvalue weighted by Gasteiger charge is 2.27. The van der Waals surface area contributed by atoms with Crippen LogP contribution in [0.4, 0.5) is 10.7 Å². The summed E-state index contributed by atoms with van der Waals surface area (Å²) in [5, 5.41) is 0.903. The largest absolute Gasteiger partial charge is 0.492 e. The summed E-state index contributed by atoms with van der Waals surface area (Å²) in [5.74, 6) is 0.940. The number of anilines is 2. The number of carbonyl (C=O) groups is 1. The second-order valence-electron chi connectivity index (χ2n) is 5.08. The van der Waals surface area contributed by atoms with Crippen LogP contribution in [0.3, 0.4) is 0 Å². The number of ether oxygens (including phenoxy) is 2. The van der Waals surface area contributed by atoms with Gasteiger partial charge < -0.3 is 20.1 Å². The molecule has 0 unspecified atom stereocenters. The van der Waals surface area contributed by atoms with Crippen molar-refractivity contribution < 1.29 is 14.3 Å². The van der Waals surface area contributed by atoms with Gasteiger partial charge in [0.25, 0.3) is 0 Å². The Kier molecular flexibility index (Phi) is 4.75. The van der Waals surface area contributed by atoms with E-state index in [9.17, 15) is 4.79 Å². The lowest BCUT2D eigenvalue weighted by atomic mass is 9.85. The van der Waals surface area contributed by atoms with Crippen molar-refractivity contribution in [2.24, 2.45) is 5.92 Å². The van der Waals surface area contributed by atoms with Crippen LogP contribution in [0.5, 0.6) is 5.75 Å². The van der Waals surface area contributed by atoms with Crippen LogP contribution in [-0.2, 0) is 4.74 Å². The second kappa shape index (κ2) is 6.35. The van der Waals surface area contributed by atoms with Crippen LogP contribution < -0.4 is 15.4 Å². The summed E-state index contributed by atoms with van der Waals surface area (Å²) in [6.07, 6.45) is 3.87. The van der Waals surface area contributed by atoms with Gasteiger partial charge in [-0.1, -0.05) is 6.42 Å². The molecule has 1 aliphatic carbocycles. The van der Waals surface area contributed by atoms with Crippen molar-refractivity contribution in [1.29, 1.82) is 0 Å². The molecule has 0 aliphatic heterocycles. The van der Waals surface area contributed by atoms with Crippen molar-refractivity contribution in [2.45, 2.75) is 26.2 Å². The zero-order valence-electron chi connectivity index (χ0n) is 12.3. The van der Waals surface area contributed by atoms with Crippen LogP contribution in [-0.4, -0.2) is 33.3 Å². The summed E-state index contributed by atoms with van der Waals surface area (Å²) < 4.78 is 10.4. The Labute approximate surface area is 123 Å². The third-order valence-corrected chi connectivity index (χ3v) is 4.93. The standard InChI is InChI=1S/C14H22N2O3S/c1-4-19-14(17)12-10(15)11(18-3)13(20-12)16(2)8-9-6-5-7-9/h9H,4-8,15H2,1-3H3. The van der Waals surface area contributed by atoms with E-state index in [0.29, 0.717) is 22.9 Å². The Morgan fingerprint density at radius 1 is 1.50 bits per heavy atom. The van der Waals surface area contributed by atoms with Gasteiger partial charge >= 0.3 is 5.97 Å². The summed E-state index contributed by atoms with van der Waals surface area (Å²) in [4.78, 5) is 14.5. The zero-order chi connectivity index (χ0) is 14.7. The molecule has 112 valence electrons. The Bertz CT molecular complexity index is 483. The highest BCUT2D eigenvalue weighted by Crippen LogP contribution is 2.45. The van der Waals surface area contributed by atoms with Gasteiger partial charge in [0.2, 0.25) is 0 Å². The summed E-state index contributed by atoms with van der Waals surface area (Å²) in [7, 11) is 3.59. The van der Waals surface area contributed by atoms with Crippen LogP contribution in [0.25, 0.3) is 0 Å². The topological polar surface area (TPSA) is 64.8 Å². The highest BCUT2D eigenvalue weighted by atomic mass is 32.1. The van der Waals surface area contributed by atoms with Crippen molar-refractivity contribution in [3.05, 3.63) is 4.88 Å². The number of rotatable bonds is 6. The summed E-state index contributed by atoms with van der Waals surface area (Å²) >= 11 is 1.34. The molecule has 1 heterocycles. The first-order valence-electron chi connectivity index (χ1n) is 6.93. The van der Waals surface area contributed by atoms with Gasteiger partial charge in [0, 0.05) is 13.6 Å². The van der Waals surface area contributed by atoms with E-state index in [1.165, 1.54) is 30.6 Å². The maximum Gasteiger partial charge on any atom is 0.350 e. The average Bonchev–Trinajstić information content (AvgIpc) is 2.71. The minimum Gasteiger partial charge on any atom is -0.492 e. The number of nitrogens with zero attached hydrogens (tertiary/aromatic N) is 1. The molecule has 1 saturated carbocycles. The van der Waals surface area contributed by atoms with Gasteiger partial charge in [-0.2, -0.15) is 0 Å². The van der Waals surface area contributed by atoms with Gasteiger partial charge in [0.1, 0.15) is 15.6 Å². The van der Waals surface area contributed by atoms with E-state index in [1.54, 1.807) is 14.0 Å². The summed E-state index contributed by atoms with van der Waals surface area (Å²) in [5.41, 5.74) is 6.40. The minimum absolute atomic E-state index is 0.339. The number of nitrogen functional groups attached to an aromatic ring is 1. The van der Waals surface area contributed by atoms with Crippen molar-refractivity contribution in [3.8, 4) is 5.75 Å². The minimum atomic E-state index is -0.378. The normalized spacial score (nSPS) is 14.8. The van der Waals surface area contributed by atoms with E-state index in [-0.39, 0.29) is 5.97 Å². The van der Waals surface area contributed by atoms with Gasteiger partial charge in [-0.15, -0.1) is 11.3 Å². The maximum atomic E-state index is 11.9. The average molecular weight is 298 g/mol. The van der Waals surface area contributed by atoms with Crippen LogP contribution >= 0.6 is 11.3 Å². The molecule has 0 atom stereocenters. The molecule has 0 aromatic carbocycles. The predicted octanol–water partition coefficient (Wildman–Crippen LogP) is 2.75. The van der Waals surface area contributed by atoms with Crippen molar-refractivity contribution in [1.82, 2.24) is 0 Å². The van der Waals surface area contributed by atoms with Gasteiger partial charge in [0.15, 0.2) is 5.75 Å². The molecule has 5 nitrogen and oxygen atoms in total. The number of esters is 1. The van der Waals surface area contributed by atoms with E-state index in [1.807, 2.05) is 7.05 Å². The smallest absolute Gasteiger partial charge is 0.350 e. The second-order valence-corrected chi connectivity index (χ2v) is 6.08. The first-order chi connectivity index (χ1) is 9.58. The molecule has 1 aromatic rings. The first kappa shape index (κ1) is 15.0. The molecular weight excluding hydrogens is 276 g/mol. The summed E-state index contributed by atoms with van der Waals surface area (Å²) in [6.45, 7) is 3.09. The number of thiophene rings is 1. The lowest BCUT2D eigenvalue weighted by Gasteiger charge is -2.30. The zero-order valence-corrected chi connectivity index (χ0v) is 13.1. The molecule has 1 aromatic heterocycles. The molecule has 2 N–H and O–H groups in total. The van der Waals surface area contributed by atoms with Crippen molar-refractivity contribution >= 4 is 28.0 Å². The SMILES string of the molecule is CCOC(=O)c1sc(N(C)CC2CCC2)c(OC)c1N. The van der Waals surface area contributed by atoms with Crippen LogP contribution in [0.1, 0.15) is 35.9 Å². The number of carbonyl (C=O) groups excluding carboxylic acids is 1. The first-order valence-corrected chi connectivity index (χ1v) is 7.74. The molecule has 0 radical (unpaired) electrons. The van der Waals surface area contributed by atoms with Gasteiger partial charge in [-0.25, -0.2) is 4.79 Å². The van der Waals surface area contributed by atoms with Crippen LogP contribution in [0, 0.1) is 5.92 Å². The van der Waals surface area contributed by atoms with Crippen LogP contribution in [0.15, 0.2) is 0 Å². The van der Waals surface area contributed by atoms with Crippen molar-refractivity contribution in [2.75, 3.05) is 37.9 Å². The fourth-order valence-corrected chi connectivity index (χ4v) is 3.41. The van der Waals surface area contributed by atoms with Gasteiger partial charge in [-0.05, 0) is 25.7 Å². The Hall–Kier alpha value is -1.43. The summed E-state index contributed by atoms with van der Waals surface area (Å²) in [6, 6.07) is 0. The van der Waals surface area contributed by atoms with E-state index < -0.39 is 0 Å². The Balaban J connectivity index is 2.22. The molecule has 20 heavy (non-hydrogen) atoms. The quantitative estimate of drug-likeness (QED) is 0.818. The molecule has 0 spiro atoms. The lowest BCUT2D eigenvalue weighted by molar-refractivity contribution is 0.0533. The third-order valence-electron chi connectivity index (χ3n) is 3.65. The van der Waals surface area contributed by atoms with E-state index >= 15 is 0 Å². The van der Waals surface area contributed by atoms with Gasteiger partial charge in [0.05, 0.1) is 13.7 Å². The fourth-order valence-electron chi connectivity index (χ4n) is 2.36. The Morgan fingerprint density at radius 2 is 2.20 bits per heavy atom. The Morgan fingerprint density at radius 3 is 2.70 bits per heavy atom. The van der Waals surface area contributed by atoms with E-state index in [0.717, 1.165) is 17.5 Å². The molecule has 0 bridgehead atoms. The molecule has 0 saturated heterocycles.